The Labute approximate surface area is 226 Å². The molecule has 0 radical (unpaired) electrons. The Balaban J connectivity index is 1.30. The van der Waals surface area contributed by atoms with E-state index in [4.69, 9.17) is 9.47 Å². The minimum Gasteiger partial charge on any atom is -0.493 e. The van der Waals surface area contributed by atoms with Crippen molar-refractivity contribution in [3.8, 4) is 11.5 Å². The van der Waals surface area contributed by atoms with Crippen LogP contribution in [0.25, 0.3) is 0 Å². The molecule has 1 aromatic heterocycles. The molecular formula is C30H27N7O2. The molecule has 194 valence electrons. The van der Waals surface area contributed by atoms with Crippen LogP contribution in [0.3, 0.4) is 0 Å². The lowest BCUT2D eigenvalue weighted by atomic mass is 10.2. The number of para-hydroxylation sites is 2. The van der Waals surface area contributed by atoms with E-state index in [0.29, 0.717) is 30.0 Å². The standard InChI is InChI=1S/C30H27N7O2/c1-38-27-19-23(17-18-26(27)39-21-22-11-5-2-6-12-22)20-31-37-30-35-28(32-24-13-7-3-8-14-24)34-29(36-30)33-25-15-9-4-10-16-25/h2-20H,21H2,1H3,(H3,32,33,34,35,36,37)/b31-20+. The number of hydrogen-bond acceptors (Lipinski definition) is 9. The Morgan fingerprint density at radius 1 is 0.667 bits per heavy atom. The second kappa shape index (κ2) is 12.7. The van der Waals surface area contributed by atoms with Crippen LogP contribution in [0.4, 0.5) is 29.2 Å². The zero-order chi connectivity index (χ0) is 26.7. The number of benzene rings is 4. The highest BCUT2D eigenvalue weighted by Crippen LogP contribution is 2.28. The molecule has 0 aliphatic carbocycles. The van der Waals surface area contributed by atoms with Crippen LogP contribution in [0.2, 0.25) is 0 Å². The number of hydrogen-bond donors (Lipinski definition) is 3. The molecule has 9 nitrogen and oxygen atoms in total. The van der Waals surface area contributed by atoms with Gasteiger partial charge in [0.05, 0.1) is 13.3 Å². The summed E-state index contributed by atoms with van der Waals surface area (Å²) in [4.78, 5) is 13.4. The maximum atomic E-state index is 5.94. The van der Waals surface area contributed by atoms with Crippen molar-refractivity contribution in [1.82, 2.24) is 15.0 Å². The monoisotopic (exact) mass is 517 g/mol. The van der Waals surface area contributed by atoms with Gasteiger partial charge in [-0.1, -0.05) is 66.7 Å². The van der Waals surface area contributed by atoms with Gasteiger partial charge in [0.2, 0.25) is 17.8 Å². The fourth-order valence-electron chi connectivity index (χ4n) is 3.62. The van der Waals surface area contributed by atoms with Crippen molar-refractivity contribution in [2.45, 2.75) is 6.61 Å². The van der Waals surface area contributed by atoms with Gasteiger partial charge in [-0.3, -0.25) is 0 Å². The molecule has 0 aliphatic heterocycles. The van der Waals surface area contributed by atoms with Crippen LogP contribution in [0.5, 0.6) is 11.5 Å². The van der Waals surface area contributed by atoms with Gasteiger partial charge in [-0.25, -0.2) is 5.43 Å². The van der Waals surface area contributed by atoms with Crippen LogP contribution in [-0.4, -0.2) is 28.3 Å². The molecule has 1 heterocycles. The molecule has 4 aromatic carbocycles. The van der Waals surface area contributed by atoms with E-state index in [1.807, 2.05) is 109 Å². The van der Waals surface area contributed by atoms with Gasteiger partial charge in [-0.15, -0.1) is 0 Å². The smallest absolute Gasteiger partial charge is 0.250 e. The van der Waals surface area contributed by atoms with E-state index in [9.17, 15) is 0 Å². The summed E-state index contributed by atoms with van der Waals surface area (Å²) in [7, 11) is 1.61. The molecule has 0 saturated heterocycles. The predicted molar refractivity (Wildman–Crippen MR) is 154 cm³/mol. The molecule has 9 heteroatoms. The summed E-state index contributed by atoms with van der Waals surface area (Å²) >= 11 is 0. The Hall–Kier alpha value is -5.44. The third kappa shape index (κ3) is 7.30. The van der Waals surface area contributed by atoms with Gasteiger partial charge in [0, 0.05) is 11.4 Å². The number of ether oxygens (including phenoxy) is 2. The van der Waals surface area contributed by atoms with Gasteiger partial charge < -0.3 is 20.1 Å². The second-order valence-electron chi connectivity index (χ2n) is 8.34. The molecule has 0 unspecified atom stereocenters. The summed E-state index contributed by atoms with van der Waals surface area (Å²) in [6.07, 6.45) is 1.65. The number of rotatable bonds is 11. The third-order valence-corrected chi connectivity index (χ3v) is 5.50. The SMILES string of the molecule is COc1cc(/C=N/Nc2nc(Nc3ccccc3)nc(Nc3ccccc3)n2)ccc1OCc1ccccc1. The minimum atomic E-state index is 0.271. The van der Waals surface area contributed by atoms with E-state index in [-0.39, 0.29) is 5.95 Å². The van der Waals surface area contributed by atoms with Crippen LogP contribution in [-0.2, 0) is 6.61 Å². The summed E-state index contributed by atoms with van der Waals surface area (Å²) in [6.45, 7) is 0.449. The van der Waals surface area contributed by atoms with Gasteiger partial charge in [0.25, 0.3) is 0 Å². The average molecular weight is 518 g/mol. The average Bonchev–Trinajstić information content (AvgIpc) is 2.98. The van der Waals surface area contributed by atoms with E-state index in [0.717, 1.165) is 22.5 Å². The second-order valence-corrected chi connectivity index (χ2v) is 8.34. The van der Waals surface area contributed by atoms with Crippen molar-refractivity contribution in [3.63, 3.8) is 0 Å². The van der Waals surface area contributed by atoms with Crippen LogP contribution in [0.15, 0.2) is 114 Å². The molecule has 0 atom stereocenters. The first-order valence-electron chi connectivity index (χ1n) is 12.3. The largest absolute Gasteiger partial charge is 0.493 e. The summed E-state index contributed by atoms with van der Waals surface area (Å²) in [5, 5.41) is 10.7. The highest BCUT2D eigenvalue weighted by Gasteiger charge is 2.08. The molecule has 5 rings (SSSR count). The van der Waals surface area contributed by atoms with Gasteiger partial charge >= 0.3 is 0 Å². The van der Waals surface area contributed by atoms with E-state index in [1.54, 1.807) is 13.3 Å². The molecule has 0 saturated carbocycles. The quantitative estimate of drug-likeness (QED) is 0.137. The molecule has 0 bridgehead atoms. The lowest BCUT2D eigenvalue weighted by molar-refractivity contribution is 0.284. The van der Waals surface area contributed by atoms with Crippen molar-refractivity contribution in [1.29, 1.82) is 0 Å². The van der Waals surface area contributed by atoms with Crippen LogP contribution < -0.4 is 25.5 Å². The van der Waals surface area contributed by atoms with Crippen LogP contribution >= 0.6 is 0 Å². The Morgan fingerprint density at radius 3 is 1.82 bits per heavy atom. The van der Waals surface area contributed by atoms with Gasteiger partial charge in [0.15, 0.2) is 11.5 Å². The maximum absolute atomic E-state index is 5.94. The maximum Gasteiger partial charge on any atom is 0.250 e. The summed E-state index contributed by atoms with van der Waals surface area (Å²) in [5.41, 5.74) is 6.49. The van der Waals surface area contributed by atoms with Crippen molar-refractivity contribution in [2.75, 3.05) is 23.2 Å². The lowest BCUT2D eigenvalue weighted by Gasteiger charge is -2.11. The van der Waals surface area contributed by atoms with E-state index >= 15 is 0 Å². The lowest BCUT2D eigenvalue weighted by Crippen LogP contribution is -2.07. The number of nitrogens with zero attached hydrogens (tertiary/aromatic N) is 4. The molecule has 5 aromatic rings. The summed E-state index contributed by atoms with van der Waals surface area (Å²) < 4.78 is 11.5. The number of aromatic nitrogens is 3. The van der Waals surface area contributed by atoms with E-state index in [1.165, 1.54) is 0 Å². The minimum absolute atomic E-state index is 0.271. The Morgan fingerprint density at radius 2 is 1.23 bits per heavy atom. The first-order chi connectivity index (χ1) is 19.2. The predicted octanol–water partition coefficient (Wildman–Crippen LogP) is 6.39. The molecule has 0 fully saturated rings. The van der Waals surface area contributed by atoms with Gasteiger partial charge in [-0.05, 0) is 53.6 Å². The third-order valence-electron chi connectivity index (χ3n) is 5.50. The van der Waals surface area contributed by atoms with Gasteiger partial charge in [-0.2, -0.15) is 20.1 Å². The van der Waals surface area contributed by atoms with E-state index in [2.05, 4.69) is 36.1 Å². The van der Waals surface area contributed by atoms with E-state index < -0.39 is 0 Å². The van der Waals surface area contributed by atoms with Crippen molar-refractivity contribution in [2.24, 2.45) is 5.10 Å². The molecule has 3 N–H and O–H groups in total. The van der Waals surface area contributed by atoms with Crippen LogP contribution in [0.1, 0.15) is 11.1 Å². The topological polar surface area (TPSA) is 106 Å². The summed E-state index contributed by atoms with van der Waals surface area (Å²) in [5.74, 6) is 2.27. The first-order valence-corrected chi connectivity index (χ1v) is 12.3. The number of hydrazone groups is 1. The zero-order valence-corrected chi connectivity index (χ0v) is 21.3. The Kier molecular flexibility index (Phi) is 8.20. The normalized spacial score (nSPS) is 10.7. The highest BCUT2D eigenvalue weighted by atomic mass is 16.5. The van der Waals surface area contributed by atoms with Gasteiger partial charge in [0.1, 0.15) is 6.61 Å². The molecular weight excluding hydrogens is 490 g/mol. The van der Waals surface area contributed by atoms with Crippen molar-refractivity contribution < 1.29 is 9.47 Å². The van der Waals surface area contributed by atoms with Crippen molar-refractivity contribution in [3.05, 3.63) is 120 Å². The molecule has 39 heavy (non-hydrogen) atoms. The van der Waals surface area contributed by atoms with Crippen molar-refractivity contribution >= 4 is 35.4 Å². The fourth-order valence-corrected chi connectivity index (χ4v) is 3.62. The number of anilines is 5. The first kappa shape index (κ1) is 25.2. The zero-order valence-electron chi connectivity index (χ0n) is 21.3. The highest BCUT2D eigenvalue weighted by molar-refractivity contribution is 5.81. The number of methoxy groups -OCH3 is 1. The fraction of sp³-hybridized carbons (Fsp3) is 0.0667. The Bertz CT molecular complexity index is 1460. The molecule has 0 aliphatic rings. The number of nitrogens with one attached hydrogen (secondary N) is 3. The molecule has 0 spiro atoms. The summed E-state index contributed by atoms with van der Waals surface area (Å²) in [6, 6.07) is 34.9. The molecule has 0 amide bonds. The van der Waals surface area contributed by atoms with Crippen LogP contribution in [0, 0.1) is 0 Å².